The van der Waals surface area contributed by atoms with Gasteiger partial charge in [0.25, 0.3) is 11.7 Å². The van der Waals surface area contributed by atoms with Crippen LogP contribution >= 0.6 is 0 Å². The number of benzene rings is 2. The summed E-state index contributed by atoms with van der Waals surface area (Å²) in [5.74, 6) is -0.706. The van der Waals surface area contributed by atoms with Gasteiger partial charge in [0.05, 0.1) is 18.7 Å². The van der Waals surface area contributed by atoms with E-state index in [1.165, 1.54) is 0 Å². The maximum Gasteiger partial charge on any atom is 0.295 e. The van der Waals surface area contributed by atoms with Gasteiger partial charge in [-0.05, 0) is 49.9 Å². The fraction of sp³-hybridized carbons (Fsp3) is 0.360. The zero-order valence-electron chi connectivity index (χ0n) is 17.6. The van der Waals surface area contributed by atoms with Crippen molar-refractivity contribution < 1.29 is 19.4 Å². The number of likely N-dealkylation sites (tertiary alicyclic amines) is 1. The molecule has 1 heterocycles. The first-order valence-corrected chi connectivity index (χ1v) is 10.4. The van der Waals surface area contributed by atoms with Crippen molar-refractivity contribution in [2.75, 3.05) is 7.11 Å². The van der Waals surface area contributed by atoms with Crippen molar-refractivity contribution in [2.45, 2.75) is 51.6 Å². The minimum atomic E-state index is -0.661. The number of aryl methyl sites for hydroxylation is 2. The van der Waals surface area contributed by atoms with Crippen LogP contribution in [0.3, 0.4) is 0 Å². The summed E-state index contributed by atoms with van der Waals surface area (Å²) < 4.78 is 5.55. The number of carbonyl (C=O) groups excluding carboxylic acids is 2. The summed E-state index contributed by atoms with van der Waals surface area (Å²) in [6.45, 7) is 3.95. The van der Waals surface area contributed by atoms with Crippen LogP contribution in [0.15, 0.2) is 48.0 Å². The van der Waals surface area contributed by atoms with Gasteiger partial charge in [-0.1, -0.05) is 43.2 Å². The number of aliphatic hydroxyl groups is 1. The Morgan fingerprint density at radius 1 is 1.03 bits per heavy atom. The smallest absolute Gasteiger partial charge is 0.295 e. The van der Waals surface area contributed by atoms with E-state index in [4.69, 9.17) is 4.74 Å². The number of ketones is 1. The first-order valence-electron chi connectivity index (χ1n) is 10.4. The first-order chi connectivity index (χ1) is 14.4. The lowest BCUT2D eigenvalue weighted by molar-refractivity contribution is -0.141. The predicted octanol–water partition coefficient (Wildman–Crippen LogP) is 4.68. The fourth-order valence-corrected chi connectivity index (χ4v) is 4.65. The second kappa shape index (κ2) is 7.98. The highest BCUT2D eigenvalue weighted by molar-refractivity contribution is 6.46. The Labute approximate surface area is 177 Å². The highest BCUT2D eigenvalue weighted by Gasteiger charge is 2.50. The van der Waals surface area contributed by atoms with Crippen molar-refractivity contribution in [3.63, 3.8) is 0 Å². The lowest BCUT2D eigenvalue weighted by atomic mass is 9.93. The van der Waals surface area contributed by atoms with Crippen LogP contribution in [0, 0.1) is 13.8 Å². The molecule has 2 aliphatic rings. The van der Waals surface area contributed by atoms with Gasteiger partial charge < -0.3 is 14.7 Å². The number of hydrogen-bond donors (Lipinski definition) is 1. The Morgan fingerprint density at radius 2 is 1.73 bits per heavy atom. The standard InChI is InChI=1S/C25H27NO4/c1-15-12-13-17(14-16(15)2)23(27)21-22(19-10-6-7-11-20(19)30-3)26(25(29)24(21)28)18-8-4-5-9-18/h6-7,10-14,18,22,27H,4-5,8-9H2,1-3H3/b23-21+. The van der Waals surface area contributed by atoms with E-state index in [0.29, 0.717) is 11.3 Å². The van der Waals surface area contributed by atoms with Crippen molar-refractivity contribution in [1.29, 1.82) is 0 Å². The largest absolute Gasteiger partial charge is 0.507 e. The molecule has 1 saturated heterocycles. The third-order valence-corrected chi connectivity index (χ3v) is 6.41. The molecule has 1 aliphatic heterocycles. The van der Waals surface area contributed by atoms with Gasteiger partial charge in [0.1, 0.15) is 11.5 Å². The Bertz CT molecular complexity index is 1030. The van der Waals surface area contributed by atoms with E-state index in [0.717, 1.165) is 42.4 Å². The number of aliphatic hydroxyl groups excluding tert-OH is 1. The molecule has 2 fully saturated rings. The summed E-state index contributed by atoms with van der Waals surface area (Å²) in [6.07, 6.45) is 3.79. The highest BCUT2D eigenvalue weighted by atomic mass is 16.5. The van der Waals surface area contributed by atoms with Crippen LogP contribution in [0.5, 0.6) is 5.75 Å². The normalized spacial score (nSPS) is 21.4. The zero-order valence-corrected chi connectivity index (χ0v) is 17.6. The van der Waals surface area contributed by atoms with Crippen molar-refractivity contribution >= 4 is 17.4 Å². The second-order valence-electron chi connectivity index (χ2n) is 8.19. The third kappa shape index (κ3) is 3.28. The molecule has 0 radical (unpaired) electrons. The number of rotatable bonds is 4. The van der Waals surface area contributed by atoms with Gasteiger partial charge in [-0.3, -0.25) is 9.59 Å². The molecule has 1 unspecified atom stereocenters. The topological polar surface area (TPSA) is 66.8 Å². The summed E-state index contributed by atoms with van der Waals surface area (Å²) in [5, 5.41) is 11.2. The molecule has 2 aromatic rings. The lowest BCUT2D eigenvalue weighted by Crippen LogP contribution is -2.37. The number of Topliss-reactive ketones (excluding diaryl/α,β-unsaturated/α-hetero) is 1. The van der Waals surface area contributed by atoms with E-state index >= 15 is 0 Å². The number of methoxy groups -OCH3 is 1. The molecule has 1 saturated carbocycles. The number of para-hydroxylation sites is 1. The van der Waals surface area contributed by atoms with Crippen LogP contribution in [0.2, 0.25) is 0 Å². The molecule has 156 valence electrons. The van der Waals surface area contributed by atoms with Crippen molar-refractivity contribution in [3.8, 4) is 5.75 Å². The zero-order chi connectivity index (χ0) is 21.4. The Hall–Kier alpha value is -3.08. The summed E-state index contributed by atoms with van der Waals surface area (Å²) in [7, 11) is 1.57. The molecule has 5 heteroatoms. The van der Waals surface area contributed by atoms with Crippen molar-refractivity contribution in [3.05, 3.63) is 70.3 Å². The molecule has 0 spiro atoms. The third-order valence-electron chi connectivity index (χ3n) is 6.41. The Balaban J connectivity index is 1.93. The minimum Gasteiger partial charge on any atom is -0.507 e. The highest BCUT2D eigenvalue weighted by Crippen LogP contribution is 2.45. The molecule has 0 aromatic heterocycles. The van der Waals surface area contributed by atoms with Gasteiger partial charge in [-0.15, -0.1) is 0 Å². The van der Waals surface area contributed by atoms with Gasteiger partial charge in [0, 0.05) is 17.2 Å². The molecule has 0 bridgehead atoms. The van der Waals surface area contributed by atoms with Crippen LogP contribution in [0.4, 0.5) is 0 Å². The average molecular weight is 405 g/mol. The molecule has 30 heavy (non-hydrogen) atoms. The maximum absolute atomic E-state index is 13.2. The summed E-state index contributed by atoms with van der Waals surface area (Å²) in [4.78, 5) is 28.0. The SMILES string of the molecule is COc1ccccc1C1/C(=C(\O)c2ccc(C)c(C)c2)C(=O)C(=O)N1C1CCCC1. The molecular weight excluding hydrogens is 378 g/mol. The number of hydrogen-bond acceptors (Lipinski definition) is 4. The molecular formula is C25H27NO4. The van der Waals surface area contributed by atoms with Gasteiger partial charge in [0.15, 0.2) is 0 Å². The molecule has 1 N–H and O–H groups in total. The average Bonchev–Trinajstić information content (AvgIpc) is 3.36. The number of nitrogens with zero attached hydrogens (tertiary/aromatic N) is 1. The molecule has 1 aliphatic carbocycles. The van der Waals surface area contributed by atoms with E-state index in [2.05, 4.69) is 0 Å². The quantitative estimate of drug-likeness (QED) is 0.456. The predicted molar refractivity (Wildman–Crippen MR) is 115 cm³/mol. The molecule has 1 amide bonds. The van der Waals surface area contributed by atoms with Crippen molar-refractivity contribution in [2.24, 2.45) is 0 Å². The Kier molecular flexibility index (Phi) is 5.37. The van der Waals surface area contributed by atoms with E-state index in [9.17, 15) is 14.7 Å². The van der Waals surface area contributed by atoms with Gasteiger partial charge in [-0.2, -0.15) is 0 Å². The minimum absolute atomic E-state index is 0.0126. The number of amides is 1. The van der Waals surface area contributed by atoms with Gasteiger partial charge in [-0.25, -0.2) is 0 Å². The fourth-order valence-electron chi connectivity index (χ4n) is 4.65. The molecule has 4 rings (SSSR count). The Morgan fingerprint density at radius 3 is 2.40 bits per heavy atom. The molecule has 1 atom stereocenters. The van der Waals surface area contributed by atoms with E-state index < -0.39 is 17.7 Å². The maximum atomic E-state index is 13.2. The number of carbonyl (C=O) groups is 2. The lowest BCUT2D eigenvalue weighted by Gasteiger charge is -2.31. The number of ether oxygens (including phenoxy) is 1. The van der Waals surface area contributed by atoms with Crippen LogP contribution in [-0.2, 0) is 9.59 Å². The van der Waals surface area contributed by atoms with Crippen LogP contribution in [0.1, 0.15) is 54.0 Å². The van der Waals surface area contributed by atoms with E-state index in [-0.39, 0.29) is 17.4 Å². The molecule has 5 nitrogen and oxygen atoms in total. The van der Waals surface area contributed by atoms with Gasteiger partial charge in [0.2, 0.25) is 0 Å². The van der Waals surface area contributed by atoms with Crippen LogP contribution < -0.4 is 4.74 Å². The second-order valence-corrected chi connectivity index (χ2v) is 8.19. The summed E-state index contributed by atoms with van der Waals surface area (Å²) in [6, 6.07) is 12.3. The van der Waals surface area contributed by atoms with Crippen LogP contribution in [-0.4, -0.2) is 34.8 Å². The summed E-state index contributed by atoms with van der Waals surface area (Å²) >= 11 is 0. The van der Waals surface area contributed by atoms with Crippen molar-refractivity contribution in [1.82, 2.24) is 4.90 Å². The van der Waals surface area contributed by atoms with E-state index in [1.54, 1.807) is 18.1 Å². The van der Waals surface area contributed by atoms with Gasteiger partial charge >= 0.3 is 0 Å². The molecule has 2 aromatic carbocycles. The summed E-state index contributed by atoms with van der Waals surface area (Å²) in [5.41, 5.74) is 3.51. The van der Waals surface area contributed by atoms with E-state index in [1.807, 2.05) is 50.2 Å². The first kappa shape index (κ1) is 20.2. The monoisotopic (exact) mass is 405 g/mol. The van der Waals surface area contributed by atoms with Crippen LogP contribution in [0.25, 0.3) is 5.76 Å².